The van der Waals surface area contributed by atoms with Gasteiger partial charge in [-0.15, -0.1) is 0 Å². The molecule has 0 N–H and O–H groups in total. The molecule has 0 aliphatic heterocycles. The first kappa shape index (κ1) is 33.0. The second-order valence-corrected chi connectivity index (χ2v) is 15.8. The summed E-state index contributed by atoms with van der Waals surface area (Å²) >= 11 is 0. The topological polar surface area (TPSA) is 9.86 Å². The molecule has 11 rings (SSSR count). The van der Waals surface area contributed by atoms with Crippen molar-refractivity contribution in [2.75, 3.05) is 0 Å². The molecule has 2 aromatic heterocycles. The Hall–Kier alpha value is -6.38. The van der Waals surface area contributed by atoms with Gasteiger partial charge in [0.2, 0.25) is 0 Å². The first-order chi connectivity index (χ1) is 27.8. The highest BCUT2D eigenvalue weighted by Gasteiger charge is 2.33. The van der Waals surface area contributed by atoms with E-state index in [0.29, 0.717) is 0 Å². The molecule has 2 heterocycles. The summed E-state index contributed by atoms with van der Waals surface area (Å²) < 4.78 is 5.18. The number of allylic oxidation sites excluding steroid dienone is 11. The summed E-state index contributed by atoms with van der Waals surface area (Å²) in [6.45, 7) is 0. The Morgan fingerprint density at radius 3 is 2.16 bits per heavy atom. The minimum absolute atomic E-state index is 0.197. The molecule has 2 nitrogen and oxygen atoms in total. The highest BCUT2D eigenvalue weighted by molar-refractivity contribution is 5.98. The van der Waals surface area contributed by atoms with Crippen molar-refractivity contribution in [3.63, 3.8) is 0 Å². The van der Waals surface area contributed by atoms with Gasteiger partial charge in [0, 0.05) is 50.8 Å². The van der Waals surface area contributed by atoms with Gasteiger partial charge in [-0.3, -0.25) is 0 Å². The van der Waals surface area contributed by atoms with Crippen LogP contribution in [0.1, 0.15) is 70.4 Å². The zero-order chi connectivity index (χ0) is 37.0. The smallest absolute Gasteiger partial charge is 0.0572 e. The molecular weight excluding hydrogens is 677 g/mol. The van der Waals surface area contributed by atoms with E-state index in [2.05, 4.69) is 197 Å². The fourth-order valence-electron chi connectivity index (χ4n) is 10.2. The second kappa shape index (κ2) is 13.7. The van der Waals surface area contributed by atoms with Crippen LogP contribution in [0.15, 0.2) is 182 Å². The number of hydrogen-bond acceptors (Lipinski definition) is 0. The number of nitrogens with zero attached hydrogens (tertiary/aromatic N) is 2. The van der Waals surface area contributed by atoms with Crippen LogP contribution in [-0.4, -0.2) is 9.13 Å². The molecule has 2 heteroatoms. The van der Waals surface area contributed by atoms with Crippen molar-refractivity contribution in [2.24, 2.45) is 5.92 Å². The van der Waals surface area contributed by atoms with E-state index in [1.54, 1.807) is 0 Å². The minimum Gasteiger partial charge on any atom is -0.333 e. The van der Waals surface area contributed by atoms with E-state index in [1.165, 1.54) is 83.4 Å². The monoisotopic (exact) mass is 720 g/mol. The van der Waals surface area contributed by atoms with E-state index in [0.717, 1.165) is 32.1 Å². The zero-order valence-corrected chi connectivity index (χ0v) is 31.6. The lowest BCUT2D eigenvalue weighted by Crippen LogP contribution is -2.16. The Kier molecular flexibility index (Phi) is 8.09. The number of fused-ring (bicyclic) bond motifs is 6. The lowest BCUT2D eigenvalue weighted by Gasteiger charge is -2.30. The number of rotatable bonds is 6. The third kappa shape index (κ3) is 5.46. The second-order valence-electron chi connectivity index (χ2n) is 15.8. The summed E-state index contributed by atoms with van der Waals surface area (Å²) in [6, 6.07) is 49.5. The van der Waals surface area contributed by atoms with Crippen LogP contribution < -0.4 is 0 Å². The summed E-state index contributed by atoms with van der Waals surface area (Å²) in [5.41, 5.74) is 17.7. The fraction of sp³-hybridized carbons (Fsp3) is 0.148. The molecule has 0 bridgehead atoms. The molecule has 5 aromatic carbocycles. The van der Waals surface area contributed by atoms with E-state index in [9.17, 15) is 0 Å². The third-order valence-electron chi connectivity index (χ3n) is 12.6. The first-order valence-electron chi connectivity index (χ1n) is 20.4. The van der Waals surface area contributed by atoms with Gasteiger partial charge < -0.3 is 9.13 Å². The quantitative estimate of drug-likeness (QED) is 0.162. The van der Waals surface area contributed by atoms with Gasteiger partial charge in [-0.2, -0.15) is 0 Å². The molecule has 4 aliphatic rings. The summed E-state index contributed by atoms with van der Waals surface area (Å²) in [7, 11) is 0. The largest absolute Gasteiger partial charge is 0.333 e. The van der Waals surface area contributed by atoms with E-state index in [-0.39, 0.29) is 17.9 Å². The maximum absolute atomic E-state index is 2.66. The van der Waals surface area contributed by atoms with Gasteiger partial charge in [0.1, 0.15) is 0 Å². The van der Waals surface area contributed by atoms with Crippen molar-refractivity contribution in [3.05, 3.63) is 221 Å². The van der Waals surface area contributed by atoms with E-state index >= 15 is 0 Å². The number of hydrogen-bond donors (Lipinski definition) is 0. The Morgan fingerprint density at radius 1 is 0.607 bits per heavy atom. The van der Waals surface area contributed by atoms with Crippen LogP contribution >= 0.6 is 0 Å². The number of para-hydroxylation sites is 2. The Morgan fingerprint density at radius 2 is 1.34 bits per heavy atom. The van der Waals surface area contributed by atoms with Gasteiger partial charge in [-0.05, 0) is 107 Å². The van der Waals surface area contributed by atoms with Gasteiger partial charge in [0.05, 0.1) is 11.6 Å². The van der Waals surface area contributed by atoms with Crippen LogP contribution in [0.25, 0.3) is 50.3 Å². The highest BCUT2D eigenvalue weighted by Crippen LogP contribution is 2.48. The highest BCUT2D eigenvalue weighted by atomic mass is 15.0. The molecular formula is C54H44N2. The maximum Gasteiger partial charge on any atom is 0.0572 e. The van der Waals surface area contributed by atoms with Gasteiger partial charge >= 0.3 is 0 Å². The molecule has 0 saturated carbocycles. The summed E-state index contributed by atoms with van der Waals surface area (Å²) in [4.78, 5) is 0. The summed E-state index contributed by atoms with van der Waals surface area (Å²) in [6.07, 6.45) is 26.9. The first-order valence-corrected chi connectivity index (χ1v) is 20.4. The fourth-order valence-corrected chi connectivity index (χ4v) is 10.2. The SMILES string of the molecule is C1=CC(C2=CCCc3c2c2ccccc2n3-c2ccccc2)C(c2ccc3c(c2)c2c(n3C3C=C(c4ccccc4)C=C(c4ccccc4)C3)C=CCC2)C=C1. The van der Waals surface area contributed by atoms with Crippen LogP contribution in [0.3, 0.4) is 0 Å². The van der Waals surface area contributed by atoms with E-state index in [1.807, 2.05) is 0 Å². The number of aryl methyl sites for hydroxylation is 1. The molecule has 7 aromatic rings. The maximum atomic E-state index is 2.66. The third-order valence-corrected chi connectivity index (χ3v) is 12.6. The number of aromatic nitrogens is 2. The van der Waals surface area contributed by atoms with Gasteiger partial charge in [0.15, 0.2) is 0 Å². The molecule has 0 amide bonds. The van der Waals surface area contributed by atoms with Gasteiger partial charge in [0.25, 0.3) is 0 Å². The molecule has 270 valence electrons. The Bertz CT molecular complexity index is 2820. The molecule has 56 heavy (non-hydrogen) atoms. The van der Waals surface area contributed by atoms with Crippen molar-refractivity contribution in [1.82, 2.24) is 9.13 Å². The van der Waals surface area contributed by atoms with Crippen molar-refractivity contribution >= 4 is 44.6 Å². The average Bonchev–Trinajstić information content (AvgIpc) is 3.80. The minimum atomic E-state index is 0.197. The van der Waals surface area contributed by atoms with Crippen molar-refractivity contribution in [2.45, 2.75) is 44.1 Å². The zero-order valence-electron chi connectivity index (χ0n) is 31.6. The molecule has 4 aliphatic carbocycles. The standard InChI is InChI=1S/C54H44N2/c1-4-17-37(18-5-1)40-33-41(38-19-6-2-7-20-38)35-43(34-40)56-50-28-14-12-25-46(50)49-36-39(31-32-52(49)56)44-23-10-11-24-45(44)47-27-16-30-53-54(47)48-26-13-15-29-51(48)55(53)42-21-8-3-9-22-42/h1-11,13-15,17-24,26-29,31-34,36,43-45H,12,16,25,30,35H2. The predicted molar refractivity (Wildman–Crippen MR) is 236 cm³/mol. The molecule has 0 saturated heterocycles. The van der Waals surface area contributed by atoms with Crippen LogP contribution in [0.2, 0.25) is 0 Å². The van der Waals surface area contributed by atoms with Crippen LogP contribution in [0.5, 0.6) is 0 Å². The number of benzene rings is 5. The van der Waals surface area contributed by atoms with Gasteiger partial charge in [-0.25, -0.2) is 0 Å². The Labute approximate surface area is 329 Å². The van der Waals surface area contributed by atoms with Crippen LogP contribution in [-0.2, 0) is 12.8 Å². The summed E-state index contributed by atoms with van der Waals surface area (Å²) in [5.74, 6) is 0.489. The van der Waals surface area contributed by atoms with Crippen molar-refractivity contribution < 1.29 is 0 Å². The van der Waals surface area contributed by atoms with E-state index < -0.39 is 0 Å². The normalized spacial score (nSPS) is 20.1. The molecule has 3 atom stereocenters. The molecule has 0 radical (unpaired) electrons. The molecule has 3 unspecified atom stereocenters. The van der Waals surface area contributed by atoms with Crippen molar-refractivity contribution in [1.29, 1.82) is 0 Å². The summed E-state index contributed by atoms with van der Waals surface area (Å²) in [5, 5.41) is 2.76. The average molecular weight is 721 g/mol. The molecule has 0 fully saturated rings. The van der Waals surface area contributed by atoms with Crippen LogP contribution in [0, 0.1) is 5.92 Å². The molecule has 0 spiro atoms. The lowest BCUT2D eigenvalue weighted by molar-refractivity contribution is 0.630. The van der Waals surface area contributed by atoms with Crippen molar-refractivity contribution in [3.8, 4) is 5.69 Å². The Balaban J connectivity index is 1.02. The van der Waals surface area contributed by atoms with Crippen LogP contribution in [0.4, 0.5) is 0 Å². The lowest BCUT2D eigenvalue weighted by atomic mass is 9.74. The van der Waals surface area contributed by atoms with E-state index in [4.69, 9.17) is 0 Å². The predicted octanol–water partition coefficient (Wildman–Crippen LogP) is 13.5. The van der Waals surface area contributed by atoms with Gasteiger partial charge in [-0.1, -0.05) is 152 Å².